The van der Waals surface area contributed by atoms with Crippen LogP contribution in [-0.4, -0.2) is 47.0 Å². The number of carbonyl (C=O) groups is 1. The van der Waals surface area contributed by atoms with Crippen LogP contribution in [0.5, 0.6) is 0 Å². The molecule has 2 aromatic heterocycles. The Morgan fingerprint density at radius 2 is 1.85 bits per heavy atom. The molecule has 9 heteroatoms. The fraction of sp³-hybridized carbons (Fsp3) is 0.208. The molecule has 0 saturated carbocycles. The molecule has 1 saturated heterocycles. The highest BCUT2D eigenvalue weighted by molar-refractivity contribution is 7.21. The second-order valence-electron chi connectivity index (χ2n) is 7.80. The molecular weight excluding hydrogens is 444 g/mol. The van der Waals surface area contributed by atoms with Crippen molar-refractivity contribution < 1.29 is 13.6 Å². The number of anilines is 1. The predicted octanol–water partition coefficient (Wildman–Crippen LogP) is 4.29. The maximum Gasteiger partial charge on any atom is 0.255 e. The molecule has 0 atom stereocenters. The summed E-state index contributed by atoms with van der Waals surface area (Å²) in [5.41, 5.74) is 3.10. The van der Waals surface area contributed by atoms with E-state index in [0.29, 0.717) is 5.69 Å². The molecule has 0 bridgehead atoms. The topological polar surface area (TPSA) is 70.2 Å². The van der Waals surface area contributed by atoms with E-state index < -0.39 is 17.5 Å². The maximum atomic E-state index is 13.5. The van der Waals surface area contributed by atoms with Crippen molar-refractivity contribution in [3.05, 3.63) is 77.5 Å². The van der Waals surface area contributed by atoms with Gasteiger partial charge in [-0.2, -0.15) is 0 Å². The summed E-state index contributed by atoms with van der Waals surface area (Å²) in [6, 6.07) is 14.3. The van der Waals surface area contributed by atoms with Gasteiger partial charge in [-0.15, -0.1) is 0 Å². The van der Waals surface area contributed by atoms with E-state index in [1.54, 1.807) is 12.1 Å². The molecule has 0 unspecified atom stereocenters. The van der Waals surface area contributed by atoms with E-state index in [1.807, 2.05) is 24.3 Å². The monoisotopic (exact) mass is 465 g/mol. The Morgan fingerprint density at radius 1 is 1.03 bits per heavy atom. The molecule has 1 amide bonds. The SMILES string of the molecule is O=C(Nc1ccccc1-c1nc2ccc(CN3CCNCC3)nc2s1)c1ccc(F)c(F)c1. The molecule has 1 fully saturated rings. The zero-order chi connectivity index (χ0) is 22.8. The number of rotatable bonds is 5. The highest BCUT2D eigenvalue weighted by atomic mass is 32.1. The third kappa shape index (κ3) is 4.75. The Kier molecular flexibility index (Phi) is 6.08. The van der Waals surface area contributed by atoms with Crippen LogP contribution in [0.4, 0.5) is 14.5 Å². The normalized spacial score (nSPS) is 14.5. The largest absolute Gasteiger partial charge is 0.321 e. The van der Waals surface area contributed by atoms with Gasteiger partial charge in [0.15, 0.2) is 11.6 Å². The maximum absolute atomic E-state index is 13.5. The van der Waals surface area contributed by atoms with E-state index in [-0.39, 0.29) is 5.56 Å². The van der Waals surface area contributed by atoms with E-state index in [2.05, 4.69) is 15.5 Å². The summed E-state index contributed by atoms with van der Waals surface area (Å²) < 4.78 is 26.8. The first-order valence-corrected chi connectivity index (χ1v) is 11.4. The zero-order valence-electron chi connectivity index (χ0n) is 17.6. The first kappa shape index (κ1) is 21.6. The average molecular weight is 466 g/mol. The average Bonchev–Trinajstić information content (AvgIpc) is 3.25. The molecule has 0 spiro atoms. The molecule has 33 heavy (non-hydrogen) atoms. The summed E-state index contributed by atoms with van der Waals surface area (Å²) in [7, 11) is 0. The van der Waals surface area contributed by atoms with Crippen molar-refractivity contribution in [2.45, 2.75) is 6.54 Å². The second-order valence-corrected chi connectivity index (χ2v) is 8.78. The van der Waals surface area contributed by atoms with Crippen LogP contribution < -0.4 is 10.6 Å². The number of nitrogens with zero attached hydrogens (tertiary/aromatic N) is 3. The summed E-state index contributed by atoms with van der Waals surface area (Å²) in [6.45, 7) is 4.77. The quantitative estimate of drug-likeness (QED) is 0.460. The van der Waals surface area contributed by atoms with E-state index >= 15 is 0 Å². The second kappa shape index (κ2) is 9.30. The number of benzene rings is 2. The van der Waals surface area contributed by atoms with Crippen LogP contribution in [0.1, 0.15) is 16.1 Å². The minimum atomic E-state index is -1.06. The summed E-state index contributed by atoms with van der Waals surface area (Å²) in [5.74, 6) is -2.59. The van der Waals surface area contributed by atoms with Crippen LogP contribution in [0.3, 0.4) is 0 Å². The van der Waals surface area contributed by atoms with Gasteiger partial charge in [-0.3, -0.25) is 9.69 Å². The fourth-order valence-corrected chi connectivity index (χ4v) is 4.76. The summed E-state index contributed by atoms with van der Waals surface area (Å²) >= 11 is 1.45. The van der Waals surface area contributed by atoms with Gasteiger partial charge < -0.3 is 10.6 Å². The minimum Gasteiger partial charge on any atom is -0.321 e. The van der Waals surface area contributed by atoms with Gasteiger partial charge in [-0.25, -0.2) is 18.7 Å². The lowest BCUT2D eigenvalue weighted by molar-refractivity contribution is 0.102. The number of para-hydroxylation sites is 1. The number of amides is 1. The Balaban J connectivity index is 1.40. The number of halogens is 2. The van der Waals surface area contributed by atoms with Gasteiger partial charge in [0, 0.05) is 43.9 Å². The van der Waals surface area contributed by atoms with Gasteiger partial charge in [-0.05, 0) is 42.5 Å². The zero-order valence-corrected chi connectivity index (χ0v) is 18.5. The van der Waals surface area contributed by atoms with Crippen LogP contribution in [0, 0.1) is 11.6 Å². The molecule has 0 aliphatic carbocycles. The van der Waals surface area contributed by atoms with Crippen molar-refractivity contribution in [3.8, 4) is 10.6 Å². The van der Waals surface area contributed by atoms with Gasteiger partial charge in [0.25, 0.3) is 5.91 Å². The van der Waals surface area contributed by atoms with Crippen LogP contribution >= 0.6 is 11.3 Å². The third-order valence-electron chi connectivity index (χ3n) is 5.50. The number of aromatic nitrogens is 2. The van der Waals surface area contributed by atoms with Crippen molar-refractivity contribution >= 4 is 33.3 Å². The molecule has 2 aromatic carbocycles. The minimum absolute atomic E-state index is 0.0345. The van der Waals surface area contributed by atoms with E-state index in [4.69, 9.17) is 9.97 Å². The van der Waals surface area contributed by atoms with E-state index in [0.717, 1.165) is 71.5 Å². The van der Waals surface area contributed by atoms with Crippen LogP contribution in [0.25, 0.3) is 20.9 Å². The molecule has 1 aliphatic rings. The van der Waals surface area contributed by atoms with Gasteiger partial charge in [0.2, 0.25) is 0 Å². The van der Waals surface area contributed by atoms with Crippen LogP contribution in [0.15, 0.2) is 54.6 Å². The summed E-state index contributed by atoms with van der Waals surface area (Å²) in [6.07, 6.45) is 0. The number of pyridine rings is 1. The lowest BCUT2D eigenvalue weighted by Gasteiger charge is -2.26. The molecule has 3 heterocycles. The molecule has 1 aliphatic heterocycles. The van der Waals surface area contributed by atoms with Crippen molar-refractivity contribution in [3.63, 3.8) is 0 Å². The highest BCUT2D eigenvalue weighted by Crippen LogP contribution is 2.34. The molecule has 168 valence electrons. The van der Waals surface area contributed by atoms with E-state index in [1.165, 1.54) is 17.4 Å². The van der Waals surface area contributed by atoms with Crippen molar-refractivity contribution in [1.29, 1.82) is 0 Å². The van der Waals surface area contributed by atoms with E-state index in [9.17, 15) is 13.6 Å². The van der Waals surface area contributed by atoms with Crippen LogP contribution in [0.2, 0.25) is 0 Å². The summed E-state index contributed by atoms with van der Waals surface area (Å²) in [5, 5.41) is 6.86. The Labute approximate surface area is 193 Å². The van der Waals surface area contributed by atoms with Gasteiger partial charge in [-0.1, -0.05) is 23.5 Å². The lowest BCUT2D eigenvalue weighted by Crippen LogP contribution is -2.43. The van der Waals surface area contributed by atoms with Gasteiger partial charge in [0.1, 0.15) is 15.4 Å². The standard InChI is InChI=1S/C24H21F2N5OS/c25-18-7-5-15(13-19(18)26)22(32)29-20-4-2-1-3-17(20)23-30-21-8-6-16(28-24(21)33-23)14-31-11-9-27-10-12-31/h1-8,13,27H,9-12,14H2,(H,29,32). The molecule has 0 radical (unpaired) electrons. The third-order valence-corrected chi connectivity index (χ3v) is 6.49. The van der Waals surface area contributed by atoms with Crippen molar-refractivity contribution in [2.75, 3.05) is 31.5 Å². The first-order chi connectivity index (χ1) is 16.1. The number of nitrogens with one attached hydrogen (secondary N) is 2. The van der Waals surface area contributed by atoms with Crippen molar-refractivity contribution in [2.24, 2.45) is 0 Å². The smallest absolute Gasteiger partial charge is 0.255 e. The fourth-order valence-electron chi connectivity index (χ4n) is 3.77. The molecular formula is C24H21F2N5OS. The molecule has 2 N–H and O–H groups in total. The lowest BCUT2D eigenvalue weighted by atomic mass is 10.1. The summed E-state index contributed by atoms with van der Waals surface area (Å²) in [4.78, 5) is 25.3. The molecule has 5 rings (SSSR count). The predicted molar refractivity (Wildman–Crippen MR) is 125 cm³/mol. The number of hydrogen-bond donors (Lipinski definition) is 2. The number of carbonyl (C=O) groups excluding carboxylic acids is 1. The number of hydrogen-bond acceptors (Lipinski definition) is 6. The Bertz CT molecular complexity index is 1320. The number of piperazine rings is 1. The number of fused-ring (bicyclic) bond motifs is 1. The molecule has 4 aromatic rings. The number of thiazole rings is 1. The van der Waals surface area contributed by atoms with Crippen molar-refractivity contribution in [1.82, 2.24) is 20.2 Å². The molecule has 6 nitrogen and oxygen atoms in total. The van der Waals surface area contributed by atoms with Gasteiger partial charge in [0.05, 0.1) is 11.4 Å². The first-order valence-electron chi connectivity index (χ1n) is 10.6. The van der Waals surface area contributed by atoms with Gasteiger partial charge >= 0.3 is 0 Å². The van der Waals surface area contributed by atoms with Crippen LogP contribution in [-0.2, 0) is 6.54 Å². The highest BCUT2D eigenvalue weighted by Gasteiger charge is 2.16. The Hall–Kier alpha value is -3.27. The Morgan fingerprint density at radius 3 is 2.67 bits per heavy atom.